The third-order valence-electron chi connectivity index (χ3n) is 8.03. The topological polar surface area (TPSA) is 26.3 Å². The first-order chi connectivity index (χ1) is 21.3. The highest BCUT2D eigenvalue weighted by molar-refractivity contribution is 7.84. The first-order valence-corrected chi connectivity index (χ1v) is 18.1. The zero-order chi connectivity index (χ0) is 31.6. The van der Waals surface area contributed by atoms with E-state index in [1.54, 1.807) is 0 Å². The summed E-state index contributed by atoms with van der Waals surface area (Å²) in [6.07, 6.45) is 11.4. The summed E-state index contributed by atoms with van der Waals surface area (Å²) in [5.74, 6) is -0.675. The van der Waals surface area contributed by atoms with Crippen LogP contribution in [0.15, 0.2) is 78.9 Å². The van der Waals surface area contributed by atoms with Gasteiger partial charge >= 0.3 is 0 Å². The summed E-state index contributed by atoms with van der Waals surface area (Å²) < 4.78 is 43.7. The molecule has 1 atom stereocenters. The fraction of sp³-hybridized carbons (Fsp3) is 0.487. The smallest absolute Gasteiger partial charge is 0.245 e. The van der Waals surface area contributed by atoms with E-state index in [9.17, 15) is 13.0 Å². The molecule has 0 aliphatic heterocycles. The van der Waals surface area contributed by atoms with Crippen LogP contribution < -0.4 is 4.74 Å². The molecule has 0 heterocycles. The number of alkyl halides is 2. The molecule has 2 nitrogen and oxygen atoms in total. The van der Waals surface area contributed by atoms with Crippen molar-refractivity contribution in [1.82, 2.24) is 0 Å². The largest absolute Gasteiger partial charge is 0.494 e. The van der Waals surface area contributed by atoms with Crippen LogP contribution in [0.3, 0.4) is 0 Å². The van der Waals surface area contributed by atoms with E-state index in [1.165, 1.54) is 65.5 Å². The average molecular weight is 623 g/mol. The maximum Gasteiger partial charge on any atom is 0.245 e. The molecule has 0 aromatic heterocycles. The van der Waals surface area contributed by atoms with Gasteiger partial charge in [0.15, 0.2) is 0 Å². The molecule has 44 heavy (non-hydrogen) atoms. The number of ether oxygens (including phenoxy) is 1. The predicted molar refractivity (Wildman–Crippen MR) is 185 cm³/mol. The van der Waals surface area contributed by atoms with Crippen molar-refractivity contribution >= 4 is 21.9 Å². The van der Waals surface area contributed by atoms with E-state index in [1.807, 2.05) is 0 Å². The van der Waals surface area contributed by atoms with E-state index >= 15 is 0 Å². The molecule has 0 aliphatic carbocycles. The van der Waals surface area contributed by atoms with Gasteiger partial charge < -0.3 is 4.74 Å². The lowest BCUT2D eigenvalue weighted by atomic mass is 9.88. The Bertz CT molecular complexity index is 1260. The van der Waals surface area contributed by atoms with Crippen LogP contribution in [0.1, 0.15) is 113 Å². The van der Waals surface area contributed by atoms with Crippen molar-refractivity contribution in [2.24, 2.45) is 0 Å². The van der Waals surface area contributed by atoms with Crippen molar-refractivity contribution in [2.75, 3.05) is 18.1 Å². The number of hydrogen-bond acceptors (Lipinski definition) is 2. The lowest BCUT2D eigenvalue weighted by Gasteiger charge is -2.17. The highest BCUT2D eigenvalue weighted by Gasteiger charge is 2.20. The Balaban J connectivity index is 1.34. The molecule has 0 saturated heterocycles. The summed E-state index contributed by atoms with van der Waals surface area (Å²) in [7, 11) is -0.952. The van der Waals surface area contributed by atoms with Crippen molar-refractivity contribution < 1.29 is 17.7 Å². The van der Waals surface area contributed by atoms with Gasteiger partial charge in [0.2, 0.25) is 5.92 Å². The Hall–Kier alpha value is -2.79. The molecule has 0 saturated carbocycles. The standard InChI is InChI=1S/C39H52F2O2S/c1-4-37(33-18-13-12-14-19-33)38(34-22-20-32(2)21-23-34)35-24-26-36(27-25-35)43-29-15-10-8-6-5-7-9-11-16-30-44(42)31-17-28-39(3,40)41/h12-14,18-27H,4-11,15-17,28-31H2,1-3H3/b38-37+. The third kappa shape index (κ3) is 13.5. The first-order valence-electron chi connectivity index (χ1n) is 16.6. The fourth-order valence-corrected chi connectivity index (χ4v) is 6.75. The van der Waals surface area contributed by atoms with Gasteiger partial charge in [0.25, 0.3) is 0 Å². The summed E-state index contributed by atoms with van der Waals surface area (Å²) in [5.41, 5.74) is 7.57. The maximum absolute atomic E-state index is 12.8. The number of rotatable bonds is 21. The van der Waals surface area contributed by atoms with E-state index in [0.29, 0.717) is 17.9 Å². The minimum Gasteiger partial charge on any atom is -0.494 e. The van der Waals surface area contributed by atoms with E-state index in [0.717, 1.165) is 51.4 Å². The molecular weight excluding hydrogens is 570 g/mol. The summed E-state index contributed by atoms with van der Waals surface area (Å²) in [6, 6.07) is 28.1. The molecule has 1 unspecified atom stereocenters. The molecular formula is C39H52F2O2S. The Labute approximate surface area is 267 Å². The van der Waals surface area contributed by atoms with Gasteiger partial charge in [-0.15, -0.1) is 0 Å². The number of unbranched alkanes of at least 4 members (excludes halogenated alkanes) is 8. The summed E-state index contributed by atoms with van der Waals surface area (Å²) in [4.78, 5) is 0. The molecule has 0 fully saturated rings. The van der Waals surface area contributed by atoms with Gasteiger partial charge in [-0.05, 0) is 79.5 Å². The molecule has 3 rings (SSSR count). The quantitative estimate of drug-likeness (QED) is 0.0873. The molecule has 0 amide bonds. The lowest BCUT2D eigenvalue weighted by molar-refractivity contribution is 0.0125. The van der Waals surface area contributed by atoms with E-state index < -0.39 is 16.7 Å². The van der Waals surface area contributed by atoms with Crippen molar-refractivity contribution in [2.45, 2.75) is 104 Å². The Morgan fingerprint density at radius 2 is 1.20 bits per heavy atom. The van der Waals surface area contributed by atoms with Crippen LogP contribution >= 0.6 is 0 Å². The predicted octanol–water partition coefficient (Wildman–Crippen LogP) is 11.4. The van der Waals surface area contributed by atoms with Gasteiger partial charge in [-0.2, -0.15) is 0 Å². The number of benzene rings is 3. The van der Waals surface area contributed by atoms with E-state index in [4.69, 9.17) is 4.74 Å². The van der Waals surface area contributed by atoms with E-state index in [2.05, 4.69) is 92.7 Å². The summed E-state index contributed by atoms with van der Waals surface area (Å²) >= 11 is 0. The maximum atomic E-state index is 12.8. The molecule has 3 aromatic rings. The second-order valence-electron chi connectivity index (χ2n) is 12.0. The summed E-state index contributed by atoms with van der Waals surface area (Å²) in [6.45, 7) is 6.02. The molecule has 3 aromatic carbocycles. The van der Waals surface area contributed by atoms with E-state index in [-0.39, 0.29) is 6.42 Å². The van der Waals surface area contributed by atoms with Gasteiger partial charge in [0.1, 0.15) is 5.75 Å². The lowest BCUT2D eigenvalue weighted by Crippen LogP contribution is -2.12. The van der Waals surface area contributed by atoms with Crippen LogP contribution in [0.2, 0.25) is 0 Å². The third-order valence-corrected chi connectivity index (χ3v) is 9.52. The van der Waals surface area contributed by atoms with Gasteiger partial charge in [-0.3, -0.25) is 4.21 Å². The van der Waals surface area contributed by atoms with Gasteiger partial charge in [0, 0.05) is 28.7 Å². The van der Waals surface area contributed by atoms with Crippen molar-refractivity contribution in [3.05, 3.63) is 101 Å². The van der Waals surface area contributed by atoms with Gasteiger partial charge in [-0.25, -0.2) is 8.78 Å². The minimum atomic E-state index is -2.64. The number of halogens is 2. The highest BCUT2D eigenvalue weighted by atomic mass is 32.2. The van der Waals surface area contributed by atoms with Crippen LogP contribution in [0.4, 0.5) is 8.78 Å². The molecule has 0 spiro atoms. The monoisotopic (exact) mass is 622 g/mol. The minimum absolute atomic E-state index is 0.166. The van der Waals surface area contributed by atoms with Gasteiger partial charge in [0.05, 0.1) is 6.61 Å². The molecule has 0 radical (unpaired) electrons. The molecule has 0 N–H and O–H groups in total. The zero-order valence-corrected chi connectivity index (χ0v) is 27.9. The zero-order valence-electron chi connectivity index (χ0n) is 27.1. The molecule has 5 heteroatoms. The highest BCUT2D eigenvalue weighted by Crippen LogP contribution is 2.35. The summed E-state index contributed by atoms with van der Waals surface area (Å²) in [5, 5.41) is 0. The second-order valence-corrected chi connectivity index (χ2v) is 13.7. The molecule has 0 bridgehead atoms. The molecule has 0 aliphatic rings. The molecule has 240 valence electrons. The van der Waals surface area contributed by atoms with Crippen LogP contribution in [0.5, 0.6) is 5.75 Å². The van der Waals surface area contributed by atoms with Crippen LogP contribution in [-0.2, 0) is 10.8 Å². The normalized spacial score (nSPS) is 13.0. The van der Waals surface area contributed by atoms with Crippen molar-refractivity contribution in [3.63, 3.8) is 0 Å². The van der Waals surface area contributed by atoms with Crippen LogP contribution in [-0.4, -0.2) is 28.2 Å². The Morgan fingerprint density at radius 1 is 0.682 bits per heavy atom. The van der Waals surface area contributed by atoms with Crippen molar-refractivity contribution in [1.29, 1.82) is 0 Å². The number of aryl methyl sites for hydroxylation is 1. The first kappa shape index (κ1) is 35.7. The SMILES string of the molecule is CC/C(=C(/c1ccc(C)cc1)c1ccc(OCCCCCCCCCCCS(=O)CCCC(C)(F)F)cc1)c1ccccc1. The Morgan fingerprint density at radius 3 is 1.77 bits per heavy atom. The fourth-order valence-electron chi connectivity index (χ4n) is 5.56. The van der Waals surface area contributed by atoms with Gasteiger partial charge in [-0.1, -0.05) is 124 Å². The number of allylic oxidation sites excluding steroid dienone is 1. The number of hydrogen-bond donors (Lipinski definition) is 0. The van der Waals surface area contributed by atoms with Crippen LogP contribution in [0.25, 0.3) is 11.1 Å². The Kier molecular flexibility index (Phi) is 15.9. The van der Waals surface area contributed by atoms with Crippen LogP contribution in [0, 0.1) is 6.92 Å². The average Bonchev–Trinajstić information content (AvgIpc) is 3.01. The second kappa shape index (κ2) is 19.6. The van der Waals surface area contributed by atoms with Crippen molar-refractivity contribution in [3.8, 4) is 5.75 Å².